The molecule has 1 saturated heterocycles. The summed E-state index contributed by atoms with van der Waals surface area (Å²) in [6.07, 6.45) is 4.91. The van der Waals surface area contributed by atoms with Crippen LogP contribution in [0.4, 0.5) is 4.79 Å². The first-order chi connectivity index (χ1) is 12.0. The molecular formula is C19H26N2O4. The maximum atomic E-state index is 12.5. The highest BCUT2D eigenvalue weighted by atomic mass is 16.5. The first-order valence-corrected chi connectivity index (χ1v) is 8.94. The molecule has 1 aromatic carbocycles. The number of ether oxygens (including phenoxy) is 1. The summed E-state index contributed by atoms with van der Waals surface area (Å²) < 4.78 is 5.35. The number of hydrogen-bond donors (Lipinski definition) is 2. The molecule has 1 aliphatic carbocycles. The van der Waals surface area contributed by atoms with Gasteiger partial charge in [0.1, 0.15) is 5.75 Å². The molecule has 2 aliphatic rings. The van der Waals surface area contributed by atoms with Crippen molar-refractivity contribution in [1.82, 2.24) is 10.2 Å². The van der Waals surface area contributed by atoms with Crippen molar-refractivity contribution in [1.29, 1.82) is 0 Å². The van der Waals surface area contributed by atoms with Crippen LogP contribution in [0.2, 0.25) is 0 Å². The zero-order valence-corrected chi connectivity index (χ0v) is 14.7. The van der Waals surface area contributed by atoms with E-state index in [1.165, 1.54) is 5.56 Å². The molecule has 1 unspecified atom stereocenters. The number of methoxy groups -OCH3 is 1. The summed E-state index contributed by atoms with van der Waals surface area (Å²) in [5.41, 5.74) is 1.14. The molecule has 6 heteroatoms. The Kier molecular flexibility index (Phi) is 5.16. The van der Waals surface area contributed by atoms with Crippen molar-refractivity contribution in [3.8, 4) is 5.75 Å². The summed E-state index contributed by atoms with van der Waals surface area (Å²) >= 11 is 0. The number of urea groups is 1. The van der Waals surface area contributed by atoms with E-state index in [2.05, 4.69) is 17.4 Å². The third-order valence-corrected chi connectivity index (χ3v) is 5.65. The third kappa shape index (κ3) is 3.72. The molecule has 2 fully saturated rings. The Morgan fingerprint density at radius 1 is 1.36 bits per heavy atom. The maximum absolute atomic E-state index is 12.5. The van der Waals surface area contributed by atoms with Gasteiger partial charge in [0, 0.05) is 25.0 Å². The van der Waals surface area contributed by atoms with Crippen LogP contribution in [0, 0.1) is 5.92 Å². The Labute approximate surface area is 148 Å². The van der Waals surface area contributed by atoms with E-state index in [4.69, 9.17) is 9.84 Å². The Bertz CT molecular complexity index is 640. The van der Waals surface area contributed by atoms with Gasteiger partial charge in [0.05, 0.1) is 13.0 Å². The van der Waals surface area contributed by atoms with Gasteiger partial charge in [-0.2, -0.15) is 0 Å². The molecule has 1 aliphatic heterocycles. The Morgan fingerprint density at radius 3 is 2.76 bits per heavy atom. The number of benzene rings is 1. The number of aliphatic carboxylic acids is 1. The monoisotopic (exact) mass is 346 g/mol. The lowest BCUT2D eigenvalue weighted by Gasteiger charge is -2.31. The van der Waals surface area contributed by atoms with Gasteiger partial charge in [-0.05, 0) is 37.0 Å². The van der Waals surface area contributed by atoms with Crippen LogP contribution in [0.1, 0.15) is 37.7 Å². The summed E-state index contributed by atoms with van der Waals surface area (Å²) in [5, 5.41) is 12.1. The molecule has 0 bridgehead atoms. The molecule has 6 nitrogen and oxygen atoms in total. The highest BCUT2D eigenvalue weighted by Gasteiger charge is 2.37. The topological polar surface area (TPSA) is 78.9 Å². The summed E-state index contributed by atoms with van der Waals surface area (Å²) in [4.78, 5) is 25.1. The van der Waals surface area contributed by atoms with Crippen molar-refractivity contribution >= 4 is 12.0 Å². The molecule has 0 spiro atoms. The minimum atomic E-state index is -0.820. The van der Waals surface area contributed by atoms with E-state index in [1.807, 2.05) is 12.1 Å². The number of nitrogens with zero attached hydrogens (tertiary/aromatic N) is 1. The number of amides is 2. The number of carboxylic acids is 1. The lowest BCUT2D eigenvalue weighted by atomic mass is 9.78. The molecule has 1 atom stereocenters. The number of nitrogens with one attached hydrogen (secondary N) is 1. The van der Waals surface area contributed by atoms with Gasteiger partial charge in [0.2, 0.25) is 0 Å². The maximum Gasteiger partial charge on any atom is 0.317 e. The van der Waals surface area contributed by atoms with Crippen LogP contribution in [0.25, 0.3) is 0 Å². The fraction of sp³-hybridized carbons (Fsp3) is 0.579. The first kappa shape index (κ1) is 17.6. The van der Waals surface area contributed by atoms with Gasteiger partial charge in [0.15, 0.2) is 0 Å². The molecule has 25 heavy (non-hydrogen) atoms. The molecule has 1 heterocycles. The van der Waals surface area contributed by atoms with Crippen LogP contribution in [0.5, 0.6) is 5.75 Å². The standard InChI is InChI=1S/C19H26N2O4/c1-25-16-6-4-5-15(11-16)19(8-2-3-9-19)13-20-18(24)21-10-7-14(12-21)17(22)23/h4-6,11,14H,2-3,7-10,12-13H2,1H3,(H,20,24)(H,22,23). The lowest BCUT2D eigenvalue weighted by Crippen LogP contribution is -2.45. The smallest absolute Gasteiger partial charge is 0.317 e. The van der Waals surface area contributed by atoms with Gasteiger partial charge in [0.25, 0.3) is 0 Å². The SMILES string of the molecule is COc1cccc(C2(CNC(=O)N3CCC(C(=O)O)C3)CCCC2)c1. The quantitative estimate of drug-likeness (QED) is 0.859. The Hall–Kier alpha value is -2.24. The van der Waals surface area contributed by atoms with Crippen molar-refractivity contribution in [3.63, 3.8) is 0 Å². The van der Waals surface area contributed by atoms with E-state index >= 15 is 0 Å². The van der Waals surface area contributed by atoms with Crippen molar-refractivity contribution in [3.05, 3.63) is 29.8 Å². The summed E-state index contributed by atoms with van der Waals surface area (Å²) in [7, 11) is 1.66. The van der Waals surface area contributed by atoms with Crippen LogP contribution in [0.15, 0.2) is 24.3 Å². The zero-order valence-electron chi connectivity index (χ0n) is 14.7. The van der Waals surface area contributed by atoms with Gasteiger partial charge in [-0.25, -0.2) is 4.79 Å². The van der Waals surface area contributed by atoms with E-state index in [0.29, 0.717) is 26.1 Å². The second-order valence-electron chi connectivity index (χ2n) is 7.15. The molecule has 1 aromatic rings. The summed E-state index contributed by atoms with van der Waals surface area (Å²) in [5.74, 6) is -0.428. The molecule has 0 aromatic heterocycles. The van der Waals surface area contributed by atoms with Crippen LogP contribution < -0.4 is 10.1 Å². The number of rotatable bonds is 5. The molecule has 0 radical (unpaired) electrons. The van der Waals surface area contributed by atoms with Crippen molar-refractivity contribution in [2.24, 2.45) is 5.92 Å². The highest BCUT2D eigenvalue weighted by molar-refractivity contribution is 5.77. The third-order valence-electron chi connectivity index (χ3n) is 5.65. The van der Waals surface area contributed by atoms with Gasteiger partial charge in [-0.3, -0.25) is 4.79 Å². The molecular weight excluding hydrogens is 320 g/mol. The fourth-order valence-corrected chi connectivity index (χ4v) is 4.08. The lowest BCUT2D eigenvalue weighted by molar-refractivity contribution is -0.141. The predicted octanol–water partition coefficient (Wildman–Crippen LogP) is 2.62. The van der Waals surface area contributed by atoms with E-state index in [0.717, 1.165) is 31.4 Å². The van der Waals surface area contributed by atoms with Gasteiger partial charge < -0.3 is 20.1 Å². The van der Waals surface area contributed by atoms with Gasteiger partial charge in [-0.15, -0.1) is 0 Å². The number of likely N-dealkylation sites (tertiary alicyclic amines) is 1. The van der Waals surface area contributed by atoms with E-state index in [1.54, 1.807) is 12.0 Å². The normalized spacial score (nSPS) is 22.0. The molecule has 3 rings (SSSR count). The van der Waals surface area contributed by atoms with Crippen LogP contribution in [-0.2, 0) is 10.2 Å². The summed E-state index contributed by atoms with van der Waals surface area (Å²) in [6.45, 7) is 1.38. The average Bonchev–Trinajstić information content (AvgIpc) is 3.30. The highest BCUT2D eigenvalue weighted by Crippen LogP contribution is 2.41. The number of carbonyl (C=O) groups is 2. The Morgan fingerprint density at radius 2 is 2.12 bits per heavy atom. The van der Waals surface area contributed by atoms with E-state index < -0.39 is 11.9 Å². The largest absolute Gasteiger partial charge is 0.497 e. The predicted molar refractivity (Wildman–Crippen MR) is 93.9 cm³/mol. The Balaban J connectivity index is 1.66. The van der Waals surface area contributed by atoms with Crippen molar-refractivity contribution in [2.45, 2.75) is 37.5 Å². The van der Waals surface area contributed by atoms with Crippen LogP contribution in [0.3, 0.4) is 0 Å². The average molecular weight is 346 g/mol. The molecule has 2 amide bonds. The number of hydrogen-bond acceptors (Lipinski definition) is 3. The number of carbonyl (C=O) groups excluding carboxylic acids is 1. The van der Waals surface area contributed by atoms with Gasteiger partial charge in [-0.1, -0.05) is 25.0 Å². The van der Waals surface area contributed by atoms with E-state index in [9.17, 15) is 9.59 Å². The second kappa shape index (κ2) is 7.33. The summed E-state index contributed by atoms with van der Waals surface area (Å²) in [6, 6.07) is 7.94. The van der Waals surface area contributed by atoms with E-state index in [-0.39, 0.29) is 11.4 Å². The zero-order chi connectivity index (χ0) is 17.9. The van der Waals surface area contributed by atoms with Crippen LogP contribution in [-0.4, -0.2) is 48.8 Å². The molecule has 2 N–H and O–H groups in total. The molecule has 1 saturated carbocycles. The first-order valence-electron chi connectivity index (χ1n) is 8.94. The van der Waals surface area contributed by atoms with Crippen molar-refractivity contribution in [2.75, 3.05) is 26.7 Å². The van der Waals surface area contributed by atoms with Crippen LogP contribution >= 0.6 is 0 Å². The second-order valence-corrected chi connectivity index (χ2v) is 7.15. The van der Waals surface area contributed by atoms with Gasteiger partial charge >= 0.3 is 12.0 Å². The minimum Gasteiger partial charge on any atom is -0.497 e. The fourth-order valence-electron chi connectivity index (χ4n) is 4.08. The minimum absolute atomic E-state index is 0.0594. The van der Waals surface area contributed by atoms with Crippen molar-refractivity contribution < 1.29 is 19.4 Å². The number of carboxylic acid groups (broad SMARTS) is 1. The molecule has 136 valence electrons.